The molecule has 6 heavy (non-hydrogen) atoms. The zero-order chi connectivity index (χ0) is 4.99. The Bertz CT molecular complexity index is 28.7. The summed E-state index contributed by atoms with van der Waals surface area (Å²) in [7, 11) is -0.0105. The smallest absolute Gasteiger partial charge is 0.0688 e. The van der Waals surface area contributed by atoms with Crippen molar-refractivity contribution in [2.75, 3.05) is 26.0 Å². The van der Waals surface area contributed by atoms with Crippen molar-refractivity contribution in [1.29, 1.82) is 0 Å². The topological polar surface area (TPSA) is 26.0 Å². The molecule has 0 rings (SSSR count). The molecule has 0 heterocycles. The van der Waals surface area contributed by atoms with E-state index in [2.05, 4.69) is 13.3 Å². The van der Waals surface area contributed by atoms with Crippen molar-refractivity contribution in [2.24, 2.45) is 5.73 Å². The van der Waals surface area contributed by atoms with Crippen LogP contribution in [-0.4, -0.2) is 26.0 Å². The van der Waals surface area contributed by atoms with Gasteiger partial charge in [0.25, 0.3) is 0 Å². The molecule has 0 aliphatic carbocycles. The first-order chi connectivity index (χ1) is 2.77. The van der Waals surface area contributed by atoms with Crippen LogP contribution >= 0.6 is 7.92 Å². The molecule has 1 nitrogen and oxygen atoms in total. The van der Waals surface area contributed by atoms with Gasteiger partial charge in [-0.1, -0.05) is 0 Å². The molecule has 0 bridgehead atoms. The zero-order valence-corrected chi connectivity index (χ0v) is 5.49. The van der Waals surface area contributed by atoms with Gasteiger partial charge in [0.05, 0.1) is 6.16 Å². The Morgan fingerprint density at radius 1 is 1.50 bits per heavy atom. The van der Waals surface area contributed by atoms with E-state index in [4.69, 9.17) is 5.73 Å². The zero-order valence-electron chi connectivity index (χ0n) is 4.49. The molecule has 0 aliphatic heterocycles. The van der Waals surface area contributed by atoms with Gasteiger partial charge in [0.2, 0.25) is 0 Å². The van der Waals surface area contributed by atoms with E-state index >= 15 is 0 Å². The third-order valence-electron chi connectivity index (χ3n) is 0.644. The van der Waals surface area contributed by atoms with Gasteiger partial charge >= 0.3 is 0 Å². The first-order valence-electron chi connectivity index (χ1n) is 2.26. The van der Waals surface area contributed by atoms with Crippen molar-refractivity contribution in [2.45, 2.75) is 0 Å². The predicted molar refractivity (Wildman–Crippen MR) is 34.1 cm³/mol. The third-order valence-corrected chi connectivity index (χ3v) is 1.93. The van der Waals surface area contributed by atoms with Gasteiger partial charge < -0.3 is 5.73 Å². The highest BCUT2D eigenvalue weighted by molar-refractivity contribution is 7.56. The van der Waals surface area contributed by atoms with Crippen molar-refractivity contribution in [3.8, 4) is 0 Å². The Labute approximate surface area is 40.7 Å². The molecule has 0 aromatic carbocycles. The Morgan fingerprint density at radius 3 is 2.00 bits per heavy atom. The van der Waals surface area contributed by atoms with E-state index in [1.54, 1.807) is 0 Å². The van der Waals surface area contributed by atoms with Gasteiger partial charge in [-0.3, -0.25) is 0 Å². The first-order valence-corrected chi connectivity index (χ1v) is 4.97. The minimum atomic E-state index is -0.0105. The molecule has 0 atom stereocenters. The summed E-state index contributed by atoms with van der Waals surface area (Å²) in [6.07, 6.45) is 1.25. The standard InChI is InChI=1S/C4H12NP/c1-6(2)4-3-5/h3-5H2,1-2H3/p+1. The molecule has 0 saturated carbocycles. The number of hydrogen-bond donors (Lipinski definition) is 1. The summed E-state index contributed by atoms with van der Waals surface area (Å²) in [5.74, 6) is 0. The molecule has 2 heteroatoms. The van der Waals surface area contributed by atoms with Crippen LogP contribution in [0, 0.1) is 0 Å². The third kappa shape index (κ3) is 4.39. The molecule has 0 fully saturated rings. The lowest BCUT2D eigenvalue weighted by Crippen LogP contribution is -2.01. The maximum Gasteiger partial charge on any atom is 0.0688 e. The van der Waals surface area contributed by atoms with Crippen LogP contribution in [0.25, 0.3) is 0 Å². The second kappa shape index (κ2) is 3.58. The fourth-order valence-corrected chi connectivity index (χ4v) is 0.866. The Morgan fingerprint density at radius 2 is 2.00 bits per heavy atom. The number of rotatable bonds is 2. The van der Waals surface area contributed by atoms with Gasteiger partial charge in [0, 0.05) is 19.9 Å². The molecule has 0 saturated heterocycles. The van der Waals surface area contributed by atoms with Gasteiger partial charge in [-0.25, -0.2) is 0 Å². The van der Waals surface area contributed by atoms with Gasteiger partial charge in [0.1, 0.15) is 0 Å². The van der Waals surface area contributed by atoms with Gasteiger partial charge in [-0.2, -0.15) is 0 Å². The summed E-state index contributed by atoms with van der Waals surface area (Å²) >= 11 is 0. The minimum absolute atomic E-state index is 0.0105. The minimum Gasteiger partial charge on any atom is -0.327 e. The summed E-state index contributed by atoms with van der Waals surface area (Å²) in [4.78, 5) is 0. The second-order valence-electron chi connectivity index (χ2n) is 1.75. The molecule has 2 N–H and O–H groups in total. The van der Waals surface area contributed by atoms with Crippen LogP contribution in [-0.2, 0) is 0 Å². The van der Waals surface area contributed by atoms with E-state index in [9.17, 15) is 0 Å². The summed E-state index contributed by atoms with van der Waals surface area (Å²) in [6.45, 7) is 5.43. The molecule has 0 unspecified atom stereocenters. The second-order valence-corrected chi connectivity index (χ2v) is 4.66. The van der Waals surface area contributed by atoms with Crippen LogP contribution < -0.4 is 5.73 Å². The summed E-state index contributed by atoms with van der Waals surface area (Å²) in [5.41, 5.74) is 5.25. The highest BCUT2D eigenvalue weighted by Crippen LogP contribution is 2.21. The van der Waals surface area contributed by atoms with Crippen LogP contribution in [0.5, 0.6) is 0 Å². The SMILES string of the molecule is C[PH+](C)CCN. The molecule has 0 radical (unpaired) electrons. The van der Waals surface area contributed by atoms with E-state index in [1.807, 2.05) is 0 Å². The van der Waals surface area contributed by atoms with E-state index < -0.39 is 0 Å². The highest BCUT2D eigenvalue weighted by Gasteiger charge is 1.92. The number of nitrogens with two attached hydrogens (primary N) is 1. The Balaban J connectivity index is 2.63. The van der Waals surface area contributed by atoms with Gasteiger partial charge in [-0.05, 0) is 7.92 Å². The lowest BCUT2D eigenvalue weighted by atomic mass is 10.8. The summed E-state index contributed by atoms with van der Waals surface area (Å²) < 4.78 is 0. The highest BCUT2D eigenvalue weighted by atomic mass is 31.1. The molecule has 38 valence electrons. The largest absolute Gasteiger partial charge is 0.327 e. The van der Waals surface area contributed by atoms with Crippen molar-refractivity contribution < 1.29 is 0 Å². The predicted octanol–water partition coefficient (Wildman–Crippen LogP) is 0.419. The normalized spacial score (nSPS) is 10.0. The van der Waals surface area contributed by atoms with Crippen LogP contribution in [0.15, 0.2) is 0 Å². The van der Waals surface area contributed by atoms with Gasteiger partial charge in [0.15, 0.2) is 0 Å². The molecule has 0 aliphatic rings. The van der Waals surface area contributed by atoms with Crippen LogP contribution in [0.1, 0.15) is 0 Å². The Kier molecular flexibility index (Phi) is 3.81. The van der Waals surface area contributed by atoms with Gasteiger partial charge in [-0.15, -0.1) is 0 Å². The molecule has 0 amide bonds. The van der Waals surface area contributed by atoms with Crippen molar-refractivity contribution in [1.82, 2.24) is 0 Å². The van der Waals surface area contributed by atoms with Crippen molar-refractivity contribution >= 4 is 7.92 Å². The van der Waals surface area contributed by atoms with Crippen LogP contribution in [0.4, 0.5) is 0 Å². The molecular formula is C4H13NP+. The molecule has 0 aromatic rings. The first kappa shape index (κ1) is 6.39. The monoisotopic (exact) mass is 106 g/mol. The quantitative estimate of drug-likeness (QED) is 0.507. The fourth-order valence-electron chi connectivity index (χ4n) is 0.289. The maximum absolute atomic E-state index is 5.25. The number of hydrogen-bond acceptors (Lipinski definition) is 1. The van der Waals surface area contributed by atoms with Crippen LogP contribution in [0.3, 0.4) is 0 Å². The summed E-state index contributed by atoms with van der Waals surface area (Å²) in [6, 6.07) is 0. The van der Waals surface area contributed by atoms with Crippen LogP contribution in [0.2, 0.25) is 0 Å². The summed E-state index contributed by atoms with van der Waals surface area (Å²) in [5, 5.41) is 0. The maximum atomic E-state index is 5.25. The lowest BCUT2D eigenvalue weighted by molar-refractivity contribution is 1.14. The van der Waals surface area contributed by atoms with E-state index in [1.165, 1.54) is 6.16 Å². The van der Waals surface area contributed by atoms with Crippen molar-refractivity contribution in [3.05, 3.63) is 0 Å². The average molecular weight is 106 g/mol. The molecule has 0 aromatic heterocycles. The Hall–Kier alpha value is 0.390. The average Bonchev–Trinajstić information content (AvgIpc) is 1.35. The lowest BCUT2D eigenvalue weighted by Gasteiger charge is -1.89. The molecule has 0 spiro atoms. The molecular weight excluding hydrogens is 93.0 g/mol. The van der Waals surface area contributed by atoms with Crippen molar-refractivity contribution in [3.63, 3.8) is 0 Å². The van der Waals surface area contributed by atoms with E-state index in [0.717, 1.165) is 6.54 Å². The van der Waals surface area contributed by atoms with E-state index in [-0.39, 0.29) is 7.92 Å². The van der Waals surface area contributed by atoms with E-state index in [0.29, 0.717) is 0 Å². The fraction of sp³-hybridized carbons (Fsp3) is 1.00.